The number of halogens is 3. The minimum atomic E-state index is -4.34. The van der Waals surface area contributed by atoms with E-state index in [2.05, 4.69) is 5.32 Å². The van der Waals surface area contributed by atoms with Crippen LogP contribution in [-0.4, -0.2) is 17.5 Å². The van der Waals surface area contributed by atoms with Gasteiger partial charge in [0.2, 0.25) is 0 Å². The summed E-state index contributed by atoms with van der Waals surface area (Å²) in [6.45, 7) is 1.45. The Balaban J connectivity index is 1.55. The lowest BCUT2D eigenvalue weighted by molar-refractivity contribution is -0.137. The van der Waals surface area contributed by atoms with Crippen molar-refractivity contribution in [3.63, 3.8) is 0 Å². The van der Waals surface area contributed by atoms with Gasteiger partial charge in [0.05, 0.1) is 5.56 Å². The van der Waals surface area contributed by atoms with E-state index in [-0.39, 0.29) is 12.6 Å². The van der Waals surface area contributed by atoms with Crippen LogP contribution in [-0.2, 0) is 25.7 Å². The van der Waals surface area contributed by atoms with Gasteiger partial charge in [0.15, 0.2) is 0 Å². The molecular formula is C16H15F3N2OS. The SMILES string of the molecule is O=C(NCc1ccc(C(F)(F)F)cc1)N1CCc2sccc2C1. The number of benzene rings is 1. The van der Waals surface area contributed by atoms with Crippen LogP contribution in [0.1, 0.15) is 21.6 Å². The van der Waals surface area contributed by atoms with Gasteiger partial charge in [-0.05, 0) is 41.1 Å². The van der Waals surface area contributed by atoms with Crippen LogP contribution in [0.4, 0.5) is 18.0 Å². The highest BCUT2D eigenvalue weighted by Crippen LogP contribution is 2.29. The third-order valence-corrected chi connectivity index (χ3v) is 4.84. The van der Waals surface area contributed by atoms with Crippen molar-refractivity contribution in [3.05, 3.63) is 57.3 Å². The summed E-state index contributed by atoms with van der Waals surface area (Å²) in [4.78, 5) is 15.2. The number of hydrogen-bond donors (Lipinski definition) is 1. The van der Waals surface area contributed by atoms with Gasteiger partial charge in [-0.25, -0.2) is 4.79 Å². The Kier molecular flexibility index (Phi) is 4.30. The highest BCUT2D eigenvalue weighted by Gasteiger charge is 2.30. The fourth-order valence-corrected chi connectivity index (χ4v) is 3.41. The third-order valence-electron chi connectivity index (χ3n) is 3.82. The van der Waals surface area contributed by atoms with Crippen molar-refractivity contribution in [1.82, 2.24) is 10.2 Å². The number of amides is 2. The van der Waals surface area contributed by atoms with Gasteiger partial charge in [0, 0.05) is 24.5 Å². The number of alkyl halides is 3. The lowest BCUT2D eigenvalue weighted by atomic mass is 10.1. The van der Waals surface area contributed by atoms with Gasteiger partial charge in [-0.2, -0.15) is 13.2 Å². The molecule has 1 aromatic carbocycles. The van der Waals surface area contributed by atoms with Crippen molar-refractivity contribution < 1.29 is 18.0 Å². The summed E-state index contributed by atoms with van der Waals surface area (Å²) in [6, 6.07) is 6.66. The van der Waals surface area contributed by atoms with Gasteiger partial charge in [0.25, 0.3) is 0 Å². The predicted octanol–water partition coefficient (Wildman–Crippen LogP) is 4.03. The summed E-state index contributed by atoms with van der Waals surface area (Å²) in [7, 11) is 0. The maximum Gasteiger partial charge on any atom is 0.416 e. The lowest BCUT2D eigenvalue weighted by Gasteiger charge is -2.27. The van der Waals surface area contributed by atoms with Crippen LogP contribution in [0.25, 0.3) is 0 Å². The summed E-state index contributed by atoms with van der Waals surface area (Å²) in [5.41, 5.74) is 1.12. The Morgan fingerprint density at radius 3 is 2.65 bits per heavy atom. The Bertz CT molecular complexity index is 694. The number of hydrogen-bond acceptors (Lipinski definition) is 2. The number of fused-ring (bicyclic) bond motifs is 1. The molecule has 0 unspecified atom stereocenters. The van der Waals surface area contributed by atoms with Crippen LogP contribution in [0.5, 0.6) is 0 Å². The van der Waals surface area contributed by atoms with Crippen LogP contribution >= 0.6 is 11.3 Å². The first-order valence-electron chi connectivity index (χ1n) is 7.17. The first-order chi connectivity index (χ1) is 10.9. The molecule has 1 N–H and O–H groups in total. The van der Waals surface area contributed by atoms with E-state index in [1.807, 2.05) is 11.4 Å². The van der Waals surface area contributed by atoms with Gasteiger partial charge < -0.3 is 10.2 Å². The average Bonchev–Trinajstić information content (AvgIpc) is 2.99. The fourth-order valence-electron chi connectivity index (χ4n) is 2.52. The lowest BCUT2D eigenvalue weighted by Crippen LogP contribution is -2.42. The highest BCUT2D eigenvalue weighted by atomic mass is 32.1. The molecule has 0 radical (unpaired) electrons. The quantitative estimate of drug-likeness (QED) is 0.879. The van der Waals surface area contributed by atoms with Gasteiger partial charge in [-0.15, -0.1) is 11.3 Å². The molecule has 2 amide bonds. The molecular weight excluding hydrogens is 325 g/mol. The summed E-state index contributed by atoms with van der Waals surface area (Å²) in [5, 5.41) is 4.78. The molecule has 7 heteroatoms. The zero-order chi connectivity index (χ0) is 16.4. The van der Waals surface area contributed by atoms with E-state index in [1.165, 1.54) is 22.6 Å². The molecule has 3 rings (SSSR count). The van der Waals surface area contributed by atoms with E-state index < -0.39 is 11.7 Å². The standard InChI is InChI=1S/C16H15F3N2OS/c17-16(18,19)13-3-1-11(2-4-13)9-20-15(22)21-7-5-14-12(10-21)6-8-23-14/h1-4,6,8H,5,7,9-10H2,(H,20,22). The zero-order valence-corrected chi connectivity index (χ0v) is 13.0. The first kappa shape index (κ1) is 15.9. The minimum Gasteiger partial charge on any atom is -0.334 e. The molecule has 0 spiro atoms. The van der Waals surface area contributed by atoms with Crippen molar-refractivity contribution in [1.29, 1.82) is 0 Å². The maximum atomic E-state index is 12.5. The summed E-state index contributed by atoms with van der Waals surface area (Å²) in [5.74, 6) is 0. The number of rotatable bonds is 2. The Morgan fingerprint density at radius 2 is 1.96 bits per heavy atom. The summed E-state index contributed by atoms with van der Waals surface area (Å²) >= 11 is 1.70. The smallest absolute Gasteiger partial charge is 0.334 e. The number of carbonyl (C=O) groups excluding carboxylic acids is 1. The first-order valence-corrected chi connectivity index (χ1v) is 8.05. The van der Waals surface area contributed by atoms with Gasteiger partial charge >= 0.3 is 12.2 Å². The fraction of sp³-hybridized carbons (Fsp3) is 0.312. The molecule has 0 bridgehead atoms. The average molecular weight is 340 g/mol. The van der Waals surface area contributed by atoms with E-state index in [9.17, 15) is 18.0 Å². The van der Waals surface area contributed by atoms with Crippen molar-refractivity contribution in [2.24, 2.45) is 0 Å². The Hall–Kier alpha value is -2.02. The van der Waals surface area contributed by atoms with Crippen LogP contribution in [0, 0.1) is 0 Å². The van der Waals surface area contributed by atoms with Crippen molar-refractivity contribution in [2.45, 2.75) is 25.7 Å². The number of carbonyl (C=O) groups is 1. The molecule has 23 heavy (non-hydrogen) atoms. The van der Waals surface area contributed by atoms with Gasteiger partial charge in [-0.1, -0.05) is 12.1 Å². The maximum absolute atomic E-state index is 12.5. The molecule has 0 saturated heterocycles. The van der Waals surface area contributed by atoms with E-state index in [0.717, 1.165) is 18.6 Å². The molecule has 122 valence electrons. The second-order valence-corrected chi connectivity index (χ2v) is 6.39. The highest BCUT2D eigenvalue weighted by molar-refractivity contribution is 7.10. The van der Waals surface area contributed by atoms with Gasteiger partial charge in [-0.3, -0.25) is 0 Å². The van der Waals surface area contributed by atoms with Crippen molar-refractivity contribution in [2.75, 3.05) is 6.54 Å². The molecule has 3 nitrogen and oxygen atoms in total. The van der Waals surface area contributed by atoms with E-state index in [4.69, 9.17) is 0 Å². The normalized spacial score (nSPS) is 14.5. The molecule has 0 saturated carbocycles. The Morgan fingerprint density at radius 1 is 1.22 bits per heavy atom. The van der Waals surface area contributed by atoms with Crippen LogP contribution in [0.15, 0.2) is 35.7 Å². The van der Waals surface area contributed by atoms with E-state index in [1.54, 1.807) is 16.2 Å². The minimum absolute atomic E-state index is 0.193. The zero-order valence-electron chi connectivity index (χ0n) is 12.2. The summed E-state index contributed by atoms with van der Waals surface area (Å²) in [6.07, 6.45) is -3.49. The van der Waals surface area contributed by atoms with E-state index >= 15 is 0 Å². The monoisotopic (exact) mass is 340 g/mol. The molecule has 1 aromatic heterocycles. The van der Waals surface area contributed by atoms with Gasteiger partial charge in [0.1, 0.15) is 0 Å². The van der Waals surface area contributed by atoms with Crippen molar-refractivity contribution in [3.8, 4) is 0 Å². The molecule has 0 aliphatic carbocycles. The van der Waals surface area contributed by atoms with E-state index in [0.29, 0.717) is 18.7 Å². The number of nitrogens with one attached hydrogen (secondary N) is 1. The number of thiophene rings is 1. The molecule has 1 aliphatic rings. The molecule has 1 aliphatic heterocycles. The Labute approximate surface area is 135 Å². The second-order valence-electron chi connectivity index (χ2n) is 5.39. The molecule has 0 fully saturated rings. The molecule has 0 atom stereocenters. The largest absolute Gasteiger partial charge is 0.416 e. The van der Waals surface area contributed by atoms with Crippen molar-refractivity contribution >= 4 is 17.4 Å². The molecule has 2 aromatic rings. The second kappa shape index (κ2) is 6.23. The van der Waals surface area contributed by atoms with Crippen LogP contribution in [0.2, 0.25) is 0 Å². The van der Waals surface area contributed by atoms with Crippen LogP contribution < -0.4 is 5.32 Å². The summed E-state index contributed by atoms with van der Waals surface area (Å²) < 4.78 is 37.5. The van der Waals surface area contributed by atoms with Crippen LogP contribution in [0.3, 0.4) is 0 Å². The third kappa shape index (κ3) is 3.67. The number of nitrogens with zero attached hydrogens (tertiary/aromatic N) is 1. The topological polar surface area (TPSA) is 32.3 Å². The molecule has 2 heterocycles. The predicted molar refractivity (Wildman–Crippen MR) is 82.1 cm³/mol. The number of urea groups is 1.